The Morgan fingerprint density at radius 1 is 1.07 bits per heavy atom. The smallest absolute Gasteiger partial charge is 0.406 e. The van der Waals surface area contributed by atoms with Gasteiger partial charge < -0.3 is 4.74 Å². The summed E-state index contributed by atoms with van der Waals surface area (Å²) in [6, 6.07) is 8.75. The summed E-state index contributed by atoms with van der Waals surface area (Å²) in [6.07, 6.45) is -1.63. The van der Waals surface area contributed by atoms with Crippen molar-refractivity contribution in [2.45, 2.75) is 34.9 Å². The molecule has 0 radical (unpaired) electrons. The Balaban J connectivity index is 1.59. The van der Waals surface area contributed by atoms with Gasteiger partial charge in [-0.2, -0.15) is 4.31 Å². The van der Waals surface area contributed by atoms with Crippen molar-refractivity contribution in [3.63, 3.8) is 0 Å². The summed E-state index contributed by atoms with van der Waals surface area (Å²) in [7, 11) is -3.49. The van der Waals surface area contributed by atoms with Crippen LogP contribution in [0.25, 0.3) is 0 Å². The number of pyridine rings is 1. The largest absolute Gasteiger partial charge is 0.573 e. The highest BCUT2D eigenvalue weighted by Gasteiger charge is 2.31. The molecule has 1 aliphatic rings. The molecular weight excluding hydrogens is 401 g/mol. The Kier molecular flexibility index (Phi) is 5.97. The number of thioether (sulfide) groups is 1. The molecule has 0 bridgehead atoms. The fraction of sp³-hybridized carbons (Fsp3) is 0.353. The van der Waals surface area contributed by atoms with Crippen LogP contribution in [0.3, 0.4) is 0 Å². The van der Waals surface area contributed by atoms with Crippen LogP contribution in [-0.2, 0) is 15.8 Å². The summed E-state index contributed by atoms with van der Waals surface area (Å²) >= 11 is 1.36. The van der Waals surface area contributed by atoms with E-state index in [0.29, 0.717) is 23.9 Å². The van der Waals surface area contributed by atoms with Crippen molar-refractivity contribution in [2.75, 3.05) is 13.1 Å². The molecule has 5 nitrogen and oxygen atoms in total. The van der Waals surface area contributed by atoms with Gasteiger partial charge in [0.2, 0.25) is 10.0 Å². The van der Waals surface area contributed by atoms with Crippen molar-refractivity contribution >= 4 is 21.8 Å². The SMILES string of the molecule is O=S(=O)(c1ccc(SCc2ccc(OC(F)(F)F)cc2)nc1)N1CCCC1. The van der Waals surface area contributed by atoms with Gasteiger partial charge in [0.05, 0.1) is 5.03 Å². The van der Waals surface area contributed by atoms with Crippen LogP contribution < -0.4 is 4.74 Å². The highest BCUT2D eigenvalue weighted by atomic mass is 32.2. The average molecular weight is 418 g/mol. The van der Waals surface area contributed by atoms with Crippen molar-refractivity contribution in [3.8, 4) is 5.75 Å². The molecule has 1 saturated heterocycles. The van der Waals surface area contributed by atoms with Gasteiger partial charge in [0.25, 0.3) is 0 Å². The number of aromatic nitrogens is 1. The van der Waals surface area contributed by atoms with Crippen molar-refractivity contribution in [1.82, 2.24) is 9.29 Å². The maximum absolute atomic E-state index is 12.4. The highest BCUT2D eigenvalue weighted by Crippen LogP contribution is 2.27. The van der Waals surface area contributed by atoms with Crippen LogP contribution in [0.1, 0.15) is 18.4 Å². The Morgan fingerprint density at radius 2 is 1.74 bits per heavy atom. The van der Waals surface area contributed by atoms with E-state index < -0.39 is 16.4 Å². The molecule has 2 heterocycles. The molecule has 3 rings (SSSR count). The number of ether oxygens (including phenoxy) is 1. The van der Waals surface area contributed by atoms with Crippen LogP contribution in [0.4, 0.5) is 13.2 Å². The van der Waals surface area contributed by atoms with E-state index in [-0.39, 0.29) is 10.6 Å². The fourth-order valence-corrected chi connectivity index (χ4v) is 4.89. The summed E-state index contributed by atoms with van der Waals surface area (Å²) < 4.78 is 66.6. The van der Waals surface area contributed by atoms with E-state index >= 15 is 0 Å². The molecule has 0 aliphatic carbocycles. The molecule has 2 aromatic rings. The lowest BCUT2D eigenvalue weighted by atomic mass is 10.2. The second-order valence-corrected chi connectivity index (χ2v) is 8.86. The molecule has 1 aromatic carbocycles. The van der Waals surface area contributed by atoms with Gasteiger partial charge in [-0.15, -0.1) is 24.9 Å². The third-order valence-electron chi connectivity index (χ3n) is 3.96. The minimum Gasteiger partial charge on any atom is -0.406 e. The summed E-state index contributed by atoms with van der Waals surface area (Å²) in [6.45, 7) is 1.07. The predicted molar refractivity (Wildman–Crippen MR) is 94.9 cm³/mol. The number of sulfonamides is 1. The number of rotatable bonds is 6. The van der Waals surface area contributed by atoms with E-state index in [0.717, 1.165) is 18.4 Å². The zero-order valence-electron chi connectivity index (χ0n) is 14.1. The molecule has 0 atom stereocenters. The molecule has 1 aliphatic heterocycles. The third kappa shape index (κ3) is 5.36. The molecule has 1 fully saturated rings. The van der Waals surface area contributed by atoms with Crippen molar-refractivity contribution in [1.29, 1.82) is 0 Å². The molecule has 0 amide bonds. The lowest BCUT2D eigenvalue weighted by molar-refractivity contribution is -0.274. The maximum atomic E-state index is 12.4. The second kappa shape index (κ2) is 8.07. The quantitative estimate of drug-likeness (QED) is 0.663. The van der Waals surface area contributed by atoms with Gasteiger partial charge in [0.15, 0.2) is 0 Å². The van der Waals surface area contributed by atoms with Crippen LogP contribution in [0, 0.1) is 0 Å². The zero-order chi connectivity index (χ0) is 19.5. The predicted octanol–water partition coefficient (Wildman–Crippen LogP) is 4.06. The second-order valence-electron chi connectivity index (χ2n) is 5.92. The normalized spacial score (nSPS) is 15.8. The molecule has 0 spiro atoms. The van der Waals surface area contributed by atoms with Gasteiger partial charge in [-0.05, 0) is 42.7 Å². The molecule has 27 heavy (non-hydrogen) atoms. The first kappa shape index (κ1) is 20.0. The van der Waals surface area contributed by atoms with Crippen molar-refractivity contribution in [2.24, 2.45) is 0 Å². The molecule has 1 aromatic heterocycles. The first-order valence-electron chi connectivity index (χ1n) is 8.18. The van der Waals surface area contributed by atoms with Crippen LogP contribution in [-0.4, -0.2) is 37.2 Å². The summed E-state index contributed by atoms with van der Waals surface area (Å²) in [4.78, 5) is 4.35. The molecule has 0 unspecified atom stereocenters. The van der Waals surface area contributed by atoms with Crippen molar-refractivity contribution in [3.05, 3.63) is 48.2 Å². The van der Waals surface area contributed by atoms with Gasteiger partial charge in [-0.1, -0.05) is 12.1 Å². The number of hydrogen-bond acceptors (Lipinski definition) is 5. The number of halogens is 3. The van der Waals surface area contributed by atoms with E-state index in [2.05, 4.69) is 9.72 Å². The zero-order valence-corrected chi connectivity index (χ0v) is 15.8. The van der Waals surface area contributed by atoms with Gasteiger partial charge in [-0.25, -0.2) is 13.4 Å². The van der Waals surface area contributed by atoms with Crippen LogP contribution in [0.2, 0.25) is 0 Å². The maximum Gasteiger partial charge on any atom is 0.573 e. The highest BCUT2D eigenvalue weighted by molar-refractivity contribution is 7.98. The van der Waals surface area contributed by atoms with Gasteiger partial charge in [0, 0.05) is 25.0 Å². The van der Waals surface area contributed by atoms with E-state index in [1.165, 1.54) is 40.5 Å². The van der Waals surface area contributed by atoms with Gasteiger partial charge in [0.1, 0.15) is 10.6 Å². The molecule has 10 heteroatoms. The summed E-state index contributed by atoms with van der Waals surface area (Å²) in [5.74, 6) is 0.211. The lowest BCUT2D eigenvalue weighted by Crippen LogP contribution is -2.27. The minimum absolute atomic E-state index is 0.169. The standard InChI is InChI=1S/C17H17F3N2O3S2/c18-17(19,20)25-14-5-3-13(4-6-14)12-26-16-8-7-15(11-21-16)27(23,24)22-9-1-2-10-22/h3-8,11H,1-2,9-10,12H2. The molecule has 0 N–H and O–H groups in total. The monoisotopic (exact) mass is 418 g/mol. The molecule has 0 saturated carbocycles. The van der Waals surface area contributed by atoms with E-state index in [1.54, 1.807) is 18.2 Å². The summed E-state index contributed by atoms with van der Waals surface area (Å²) in [5, 5.41) is 0.631. The van der Waals surface area contributed by atoms with Crippen LogP contribution in [0.15, 0.2) is 52.5 Å². The Morgan fingerprint density at radius 3 is 2.30 bits per heavy atom. The van der Waals surface area contributed by atoms with E-state index in [4.69, 9.17) is 0 Å². The number of hydrogen-bond donors (Lipinski definition) is 0. The minimum atomic E-state index is -4.71. The van der Waals surface area contributed by atoms with E-state index in [9.17, 15) is 21.6 Å². The average Bonchev–Trinajstić information content (AvgIpc) is 3.16. The Hall–Kier alpha value is -1.78. The lowest BCUT2D eigenvalue weighted by Gasteiger charge is -2.15. The molecular formula is C17H17F3N2O3S2. The first-order chi connectivity index (χ1) is 12.7. The van der Waals surface area contributed by atoms with Gasteiger partial charge >= 0.3 is 6.36 Å². The van der Waals surface area contributed by atoms with Crippen molar-refractivity contribution < 1.29 is 26.3 Å². The Labute approximate surface area is 159 Å². The van der Waals surface area contributed by atoms with E-state index in [1.807, 2.05) is 0 Å². The third-order valence-corrected chi connectivity index (χ3v) is 6.85. The fourth-order valence-electron chi connectivity index (χ4n) is 2.63. The van der Waals surface area contributed by atoms with Gasteiger partial charge in [-0.3, -0.25) is 0 Å². The first-order valence-corrected chi connectivity index (χ1v) is 10.6. The number of alkyl halides is 3. The Bertz CT molecular complexity index is 864. The topological polar surface area (TPSA) is 59.5 Å². The summed E-state index contributed by atoms with van der Waals surface area (Å²) in [5.41, 5.74) is 0.796. The molecule has 146 valence electrons. The number of nitrogens with zero attached hydrogens (tertiary/aromatic N) is 2. The number of benzene rings is 1. The van der Waals surface area contributed by atoms with Crippen LogP contribution in [0.5, 0.6) is 5.75 Å². The van der Waals surface area contributed by atoms with Crippen LogP contribution >= 0.6 is 11.8 Å².